The molecule has 2 heterocycles. The quantitative estimate of drug-likeness (QED) is 0.574. The Labute approximate surface area is 173 Å². The lowest BCUT2D eigenvalue weighted by molar-refractivity contribution is -0.111. The van der Waals surface area contributed by atoms with Crippen molar-refractivity contribution in [3.8, 4) is 11.5 Å². The van der Waals surface area contributed by atoms with Crippen molar-refractivity contribution in [3.05, 3.63) is 45.8 Å². The molecule has 1 aromatic heterocycles. The Kier molecular flexibility index (Phi) is 5.58. The van der Waals surface area contributed by atoms with Gasteiger partial charge in [0.1, 0.15) is 5.00 Å². The zero-order valence-electron chi connectivity index (χ0n) is 16.4. The summed E-state index contributed by atoms with van der Waals surface area (Å²) in [6.45, 7) is 3.85. The molecule has 0 saturated carbocycles. The van der Waals surface area contributed by atoms with E-state index in [1.165, 1.54) is 22.3 Å². The van der Waals surface area contributed by atoms with Crippen LogP contribution in [0.3, 0.4) is 0 Å². The second-order valence-electron chi connectivity index (χ2n) is 7.30. The number of hydrogen-bond acceptors (Lipinski definition) is 6. The predicted molar refractivity (Wildman–Crippen MR) is 112 cm³/mol. The summed E-state index contributed by atoms with van der Waals surface area (Å²) in [4.78, 5) is 26.4. The maximum absolute atomic E-state index is 12.7. The number of carbonyl (C=O) groups is 2. The fourth-order valence-electron chi connectivity index (χ4n) is 3.49. The van der Waals surface area contributed by atoms with Gasteiger partial charge in [0, 0.05) is 11.0 Å². The van der Waals surface area contributed by atoms with Crippen LogP contribution in [0, 0.1) is 0 Å². The SMILES string of the molecule is CC(C)OC(=O)c1c(NC(=O)/C=C\c2ccc3c(c2)OCO3)sc2c1CCCC2. The molecule has 1 N–H and O–H groups in total. The third-order valence-corrected chi connectivity index (χ3v) is 5.99. The van der Waals surface area contributed by atoms with Crippen LogP contribution in [0.2, 0.25) is 0 Å². The fraction of sp³-hybridized carbons (Fsp3) is 0.364. The molecule has 1 amide bonds. The number of esters is 1. The number of nitrogens with one attached hydrogen (secondary N) is 1. The summed E-state index contributed by atoms with van der Waals surface area (Å²) in [5, 5.41) is 3.45. The molecule has 0 radical (unpaired) electrons. The zero-order valence-corrected chi connectivity index (χ0v) is 17.3. The van der Waals surface area contributed by atoms with Crippen LogP contribution in [0.25, 0.3) is 6.08 Å². The number of carbonyl (C=O) groups excluding carboxylic acids is 2. The van der Waals surface area contributed by atoms with Gasteiger partial charge in [0.25, 0.3) is 0 Å². The number of thiophene rings is 1. The number of aryl methyl sites for hydroxylation is 1. The van der Waals surface area contributed by atoms with Crippen LogP contribution >= 0.6 is 11.3 Å². The molecule has 0 fully saturated rings. The second kappa shape index (κ2) is 8.29. The highest BCUT2D eigenvalue weighted by molar-refractivity contribution is 7.17. The van der Waals surface area contributed by atoms with Gasteiger partial charge in [-0.2, -0.15) is 0 Å². The van der Waals surface area contributed by atoms with Crippen molar-refractivity contribution in [2.24, 2.45) is 0 Å². The first-order chi connectivity index (χ1) is 14.0. The van der Waals surface area contributed by atoms with Gasteiger partial charge in [-0.3, -0.25) is 4.79 Å². The van der Waals surface area contributed by atoms with E-state index < -0.39 is 0 Å². The molecule has 0 atom stereocenters. The minimum Gasteiger partial charge on any atom is -0.459 e. The van der Waals surface area contributed by atoms with E-state index in [2.05, 4.69) is 5.32 Å². The van der Waals surface area contributed by atoms with Crippen LogP contribution in [-0.4, -0.2) is 24.8 Å². The Bertz CT molecular complexity index is 976. The first-order valence-electron chi connectivity index (χ1n) is 9.75. The van der Waals surface area contributed by atoms with E-state index in [4.69, 9.17) is 14.2 Å². The molecule has 152 valence electrons. The lowest BCUT2D eigenvalue weighted by Gasteiger charge is -2.14. The number of amides is 1. The molecule has 0 unspecified atom stereocenters. The number of benzene rings is 1. The largest absolute Gasteiger partial charge is 0.459 e. The van der Waals surface area contributed by atoms with E-state index in [0.29, 0.717) is 22.1 Å². The van der Waals surface area contributed by atoms with Gasteiger partial charge in [0.05, 0.1) is 11.7 Å². The molecule has 1 aromatic carbocycles. The van der Waals surface area contributed by atoms with Crippen molar-refractivity contribution < 1.29 is 23.8 Å². The van der Waals surface area contributed by atoms with Gasteiger partial charge in [-0.15, -0.1) is 11.3 Å². The summed E-state index contributed by atoms with van der Waals surface area (Å²) < 4.78 is 16.1. The van der Waals surface area contributed by atoms with Crippen molar-refractivity contribution in [2.75, 3.05) is 12.1 Å². The Morgan fingerprint density at radius 1 is 1.17 bits per heavy atom. The lowest BCUT2D eigenvalue weighted by atomic mass is 9.95. The maximum Gasteiger partial charge on any atom is 0.341 e. The molecule has 4 rings (SSSR count). The van der Waals surface area contributed by atoms with Gasteiger partial charge >= 0.3 is 5.97 Å². The smallest absolute Gasteiger partial charge is 0.341 e. The molecule has 0 spiro atoms. The number of rotatable bonds is 5. The third-order valence-electron chi connectivity index (χ3n) is 4.78. The van der Waals surface area contributed by atoms with Crippen molar-refractivity contribution in [1.29, 1.82) is 0 Å². The van der Waals surface area contributed by atoms with E-state index in [1.54, 1.807) is 6.08 Å². The average Bonchev–Trinajstić information content (AvgIpc) is 3.29. The van der Waals surface area contributed by atoms with Gasteiger partial charge < -0.3 is 19.5 Å². The van der Waals surface area contributed by atoms with Crippen LogP contribution in [0.15, 0.2) is 24.3 Å². The van der Waals surface area contributed by atoms with Gasteiger partial charge in [-0.05, 0) is 68.9 Å². The fourth-order valence-corrected chi connectivity index (χ4v) is 4.77. The van der Waals surface area contributed by atoms with Crippen molar-refractivity contribution >= 4 is 34.3 Å². The van der Waals surface area contributed by atoms with Crippen molar-refractivity contribution in [1.82, 2.24) is 0 Å². The highest BCUT2D eigenvalue weighted by atomic mass is 32.1. The molecule has 1 aliphatic carbocycles. The minimum absolute atomic E-state index is 0.210. The predicted octanol–water partition coefficient (Wildman–Crippen LogP) is 4.57. The van der Waals surface area contributed by atoms with Crippen LogP contribution in [0.1, 0.15) is 53.1 Å². The summed E-state index contributed by atoms with van der Waals surface area (Å²) in [5.74, 6) is 0.704. The van der Waals surface area contributed by atoms with E-state index in [-0.39, 0.29) is 24.8 Å². The standard InChI is InChI=1S/C22H23NO5S/c1-13(2)28-22(25)20-15-5-3-4-6-18(15)29-21(20)23-19(24)10-8-14-7-9-16-17(11-14)27-12-26-16/h7-11,13H,3-6,12H2,1-2H3,(H,23,24)/b10-8-. The van der Waals surface area contributed by atoms with E-state index in [0.717, 1.165) is 36.8 Å². The van der Waals surface area contributed by atoms with Crippen LogP contribution in [0.4, 0.5) is 5.00 Å². The van der Waals surface area contributed by atoms with E-state index in [1.807, 2.05) is 32.0 Å². The first kappa shape index (κ1) is 19.5. The van der Waals surface area contributed by atoms with Crippen LogP contribution in [-0.2, 0) is 22.4 Å². The average molecular weight is 413 g/mol. The Morgan fingerprint density at radius 3 is 2.79 bits per heavy atom. The molecule has 0 saturated heterocycles. The van der Waals surface area contributed by atoms with Crippen molar-refractivity contribution in [3.63, 3.8) is 0 Å². The van der Waals surface area contributed by atoms with Crippen molar-refractivity contribution in [2.45, 2.75) is 45.6 Å². The van der Waals surface area contributed by atoms with E-state index in [9.17, 15) is 9.59 Å². The maximum atomic E-state index is 12.7. The van der Waals surface area contributed by atoms with Crippen LogP contribution in [0.5, 0.6) is 11.5 Å². The monoisotopic (exact) mass is 413 g/mol. The summed E-state index contributed by atoms with van der Waals surface area (Å²) >= 11 is 1.48. The second-order valence-corrected chi connectivity index (χ2v) is 8.41. The number of anilines is 1. The summed E-state index contributed by atoms with van der Waals surface area (Å²) in [6, 6.07) is 5.49. The molecule has 29 heavy (non-hydrogen) atoms. The molecule has 7 heteroatoms. The molecule has 2 aliphatic rings. The van der Waals surface area contributed by atoms with Gasteiger partial charge in [0.15, 0.2) is 11.5 Å². The summed E-state index contributed by atoms with van der Waals surface area (Å²) in [7, 11) is 0. The lowest BCUT2D eigenvalue weighted by Crippen LogP contribution is -2.17. The topological polar surface area (TPSA) is 73.9 Å². The number of ether oxygens (including phenoxy) is 3. The molecular formula is C22H23NO5S. The number of fused-ring (bicyclic) bond motifs is 2. The molecule has 1 aliphatic heterocycles. The van der Waals surface area contributed by atoms with Gasteiger partial charge in [0.2, 0.25) is 12.7 Å². The minimum atomic E-state index is -0.366. The zero-order chi connectivity index (χ0) is 20.4. The molecule has 2 aromatic rings. The first-order valence-corrected chi connectivity index (χ1v) is 10.6. The Hall–Kier alpha value is -2.80. The molecular weight excluding hydrogens is 390 g/mol. The highest BCUT2D eigenvalue weighted by Gasteiger charge is 2.27. The molecule has 0 bridgehead atoms. The third kappa shape index (κ3) is 4.29. The van der Waals surface area contributed by atoms with E-state index >= 15 is 0 Å². The summed E-state index contributed by atoms with van der Waals surface area (Å²) in [6.07, 6.45) is 6.87. The number of hydrogen-bond donors (Lipinski definition) is 1. The van der Waals surface area contributed by atoms with Crippen LogP contribution < -0.4 is 14.8 Å². The molecule has 6 nitrogen and oxygen atoms in total. The van der Waals surface area contributed by atoms with Gasteiger partial charge in [-0.25, -0.2) is 4.79 Å². The van der Waals surface area contributed by atoms with Gasteiger partial charge in [-0.1, -0.05) is 6.07 Å². The Balaban J connectivity index is 1.53. The highest BCUT2D eigenvalue weighted by Crippen LogP contribution is 2.39. The Morgan fingerprint density at radius 2 is 1.97 bits per heavy atom. The normalized spacial score (nSPS) is 14.9. The summed E-state index contributed by atoms with van der Waals surface area (Å²) in [5.41, 5.74) is 2.37.